The normalized spacial score (nSPS) is 12.7. The molecule has 4 atom stereocenters. The van der Waals surface area contributed by atoms with Crippen LogP contribution in [-0.4, -0.2) is 39.0 Å². The van der Waals surface area contributed by atoms with Gasteiger partial charge < -0.3 is 28.7 Å². The number of anilines is 6. The van der Waals surface area contributed by atoms with Gasteiger partial charge >= 0.3 is 0 Å². The number of hydrogen-bond acceptors (Lipinski definition) is 8. The van der Waals surface area contributed by atoms with Gasteiger partial charge in [0.15, 0.2) is 12.6 Å². The molecule has 0 fully saturated rings. The number of ether oxygens (including phenoxy) is 4. The first-order chi connectivity index (χ1) is 47.9. The summed E-state index contributed by atoms with van der Waals surface area (Å²) in [6, 6.07) is 60.0. The van der Waals surface area contributed by atoms with E-state index in [2.05, 4.69) is 245 Å². The first-order valence-corrected chi connectivity index (χ1v) is 37.8. The molecule has 0 amide bonds. The summed E-state index contributed by atoms with van der Waals surface area (Å²) in [4.78, 5) is 30.2. The van der Waals surface area contributed by atoms with Crippen LogP contribution in [0, 0.1) is 55.3 Å². The zero-order chi connectivity index (χ0) is 70.6. The molecule has 0 saturated carbocycles. The van der Waals surface area contributed by atoms with Gasteiger partial charge in [-0.2, -0.15) is 0 Å². The second-order valence-corrected chi connectivity index (χ2v) is 29.9. The van der Waals surface area contributed by atoms with Crippen LogP contribution in [0.5, 0.6) is 23.0 Å². The molecule has 0 radical (unpaired) electrons. The van der Waals surface area contributed by atoms with Gasteiger partial charge in [0.25, 0.3) is 0 Å². The third-order valence-electron chi connectivity index (χ3n) is 19.8. The Morgan fingerprint density at radius 1 is 0.313 bits per heavy atom. The topological polar surface area (TPSA) is 77.5 Å². The molecule has 8 aromatic carbocycles. The monoisotopic (exact) mass is 1330 g/mol. The van der Waals surface area contributed by atoms with Crippen LogP contribution < -0.4 is 28.7 Å². The van der Waals surface area contributed by atoms with Crippen molar-refractivity contribution in [3.05, 3.63) is 192 Å². The number of aryl methyl sites for hydroxylation is 2. The first-order valence-electron chi connectivity index (χ1n) is 37.8. The second-order valence-electron chi connectivity index (χ2n) is 29.9. The van der Waals surface area contributed by atoms with Crippen molar-refractivity contribution in [1.29, 1.82) is 0 Å². The minimum Gasteiger partial charge on any atom is -0.493 e. The zero-order valence-corrected chi connectivity index (χ0v) is 62.6. The minimum absolute atomic E-state index is 0.513. The molecule has 0 bridgehead atoms. The van der Waals surface area contributed by atoms with E-state index in [0.29, 0.717) is 102 Å². The Kier molecular flexibility index (Phi) is 30.7. The van der Waals surface area contributed by atoms with Crippen LogP contribution in [0.25, 0.3) is 33.4 Å². The quantitative estimate of drug-likeness (QED) is 0.0276. The molecule has 0 aliphatic rings. The lowest BCUT2D eigenvalue weighted by molar-refractivity contribution is 0.111. The van der Waals surface area contributed by atoms with Crippen molar-refractivity contribution in [3.63, 3.8) is 0 Å². The van der Waals surface area contributed by atoms with Gasteiger partial charge in [-0.25, -0.2) is 0 Å². The number of hydrogen-bond donors (Lipinski definition) is 0. The number of carbonyl (C=O) groups is 2. The van der Waals surface area contributed by atoms with Crippen molar-refractivity contribution in [1.82, 2.24) is 0 Å². The van der Waals surface area contributed by atoms with Gasteiger partial charge in [0.1, 0.15) is 23.0 Å². The maximum atomic E-state index is 12.8. The zero-order valence-electron chi connectivity index (χ0n) is 62.6. The lowest BCUT2D eigenvalue weighted by atomic mass is 9.96. The van der Waals surface area contributed by atoms with Gasteiger partial charge in [0, 0.05) is 45.3 Å². The fraction of sp³-hybridized carbons (Fsp3) is 0.451. The largest absolute Gasteiger partial charge is 0.493 e. The molecule has 0 aliphatic carbocycles. The predicted molar refractivity (Wildman–Crippen MR) is 420 cm³/mol. The molecule has 528 valence electrons. The molecule has 0 spiro atoms. The Morgan fingerprint density at radius 3 is 0.939 bits per heavy atom. The van der Waals surface area contributed by atoms with Crippen LogP contribution in [0.1, 0.15) is 217 Å². The van der Waals surface area contributed by atoms with E-state index in [9.17, 15) is 9.59 Å². The van der Waals surface area contributed by atoms with Crippen LogP contribution in [0.4, 0.5) is 34.1 Å². The number of para-hydroxylation sites is 2. The van der Waals surface area contributed by atoms with E-state index < -0.39 is 0 Å². The Labute approximate surface area is 597 Å². The third kappa shape index (κ3) is 23.2. The molecule has 0 aromatic heterocycles. The highest BCUT2D eigenvalue weighted by atomic mass is 16.5. The van der Waals surface area contributed by atoms with Crippen LogP contribution in [0.15, 0.2) is 170 Å². The molecule has 8 aromatic rings. The first kappa shape index (κ1) is 76.7. The van der Waals surface area contributed by atoms with E-state index in [4.69, 9.17) is 18.9 Å². The fourth-order valence-electron chi connectivity index (χ4n) is 13.5. The van der Waals surface area contributed by atoms with Crippen LogP contribution in [0.3, 0.4) is 0 Å². The second kappa shape index (κ2) is 39.6. The van der Waals surface area contributed by atoms with E-state index in [-0.39, 0.29) is 0 Å². The number of nitrogens with zero attached hydrogens (tertiary/aromatic N) is 2. The summed E-state index contributed by atoms with van der Waals surface area (Å²) >= 11 is 0. The van der Waals surface area contributed by atoms with Gasteiger partial charge in [0.2, 0.25) is 0 Å². The summed E-state index contributed by atoms with van der Waals surface area (Å²) in [6.07, 6.45) is 21.3. The summed E-state index contributed by atoms with van der Waals surface area (Å²) in [6.45, 7) is 31.8. The molecule has 0 N–H and O–H groups in total. The number of rotatable bonds is 43. The highest BCUT2D eigenvalue weighted by Crippen LogP contribution is 2.45. The van der Waals surface area contributed by atoms with Crippen LogP contribution in [-0.2, 0) is 0 Å². The Bertz CT molecular complexity index is 3710. The maximum Gasteiger partial charge on any atom is 0.153 e. The van der Waals surface area contributed by atoms with Crippen LogP contribution >= 0.6 is 0 Å². The molecule has 0 heterocycles. The van der Waals surface area contributed by atoms with Crippen molar-refractivity contribution in [2.75, 3.05) is 36.2 Å². The maximum absolute atomic E-state index is 12.8. The van der Waals surface area contributed by atoms with Gasteiger partial charge in [-0.15, -0.1) is 0 Å². The minimum atomic E-state index is 0.513. The van der Waals surface area contributed by atoms with E-state index >= 15 is 0 Å². The number of carbonyl (C=O) groups excluding carboxylic acids is 2. The molecular formula is C91H118N2O6. The number of unbranched alkanes of at least 4 members (excludes halogenated alkanes) is 2. The average Bonchev–Trinajstić information content (AvgIpc) is 0.790. The average molecular weight is 1340 g/mol. The van der Waals surface area contributed by atoms with E-state index in [1.165, 1.54) is 83.5 Å². The van der Waals surface area contributed by atoms with Crippen molar-refractivity contribution in [2.24, 2.45) is 41.4 Å². The summed E-state index contributed by atoms with van der Waals surface area (Å²) in [5, 5.41) is 0. The Morgan fingerprint density at radius 2 is 0.626 bits per heavy atom. The summed E-state index contributed by atoms with van der Waals surface area (Å²) in [5.41, 5.74) is 15.5. The van der Waals surface area contributed by atoms with Crippen molar-refractivity contribution < 1.29 is 28.5 Å². The third-order valence-corrected chi connectivity index (χ3v) is 19.8. The lowest BCUT2D eigenvalue weighted by Crippen LogP contribution is -2.11. The lowest BCUT2D eigenvalue weighted by Gasteiger charge is -2.27. The highest BCUT2D eigenvalue weighted by molar-refractivity contribution is 5.89. The molecule has 8 nitrogen and oxygen atoms in total. The van der Waals surface area contributed by atoms with Crippen molar-refractivity contribution in [3.8, 4) is 56.4 Å². The van der Waals surface area contributed by atoms with Crippen molar-refractivity contribution >= 4 is 46.7 Å². The molecule has 8 heteroatoms. The van der Waals surface area contributed by atoms with Gasteiger partial charge in [-0.05, 0) is 211 Å². The molecule has 0 aliphatic heterocycles. The Hall–Kier alpha value is -8.10. The van der Waals surface area contributed by atoms with Gasteiger partial charge in [0.05, 0.1) is 37.6 Å². The fourth-order valence-corrected chi connectivity index (χ4v) is 13.5. The SMILES string of the molecule is CCCCCC(C)CCOc1cc(-c2ccc(N(c3ccccc3)c3ccc(-c4ccc(N(c5ccccc5)c5ccc(-c6cc(OCCC(C)CCCC(C)C)c(C=O)cc6OCCC(C)CCCC(C)C)c(C)c5)cc4)cc3)cc2C)c(OCCC(C)CCCC(C)C)cc1C=O. The van der Waals surface area contributed by atoms with E-state index in [1.54, 1.807) is 0 Å². The summed E-state index contributed by atoms with van der Waals surface area (Å²) in [5.74, 6) is 6.84. The number of aldehydes is 2. The smallest absolute Gasteiger partial charge is 0.153 e. The van der Waals surface area contributed by atoms with E-state index in [0.717, 1.165) is 117 Å². The molecule has 8 rings (SSSR count). The summed E-state index contributed by atoms with van der Waals surface area (Å²) < 4.78 is 26.4. The Balaban J connectivity index is 1.06. The van der Waals surface area contributed by atoms with Crippen molar-refractivity contribution in [2.45, 2.75) is 199 Å². The molecule has 4 unspecified atom stereocenters. The predicted octanol–water partition coefficient (Wildman–Crippen LogP) is 26.5. The molecule has 0 saturated heterocycles. The summed E-state index contributed by atoms with van der Waals surface area (Å²) in [7, 11) is 0. The van der Waals surface area contributed by atoms with Gasteiger partial charge in [-0.3, -0.25) is 9.59 Å². The standard InChI is InChI=1S/C91H118N2O6/c1-14-15-18-29-68(8)49-53-96-88-61-86(90(59-76(88)63-94)98-55-51-70(10)31-24-27-66(4)5)84-47-45-82(57-72(84)12)92(78-33-19-16-20-34-78)80-41-37-74(38-42-80)75-39-43-81(44-40-75)93(79-35-21-17-22-36-79)83-46-48-85(73(13)58-83)87-62-89(97-54-50-69(9)30-23-26-65(2)3)77(64-95)60-91(87)99-56-52-71(11)32-25-28-67(6)7/h16-17,19-22,33-48,57-71H,14-15,18,23-32,49-56H2,1-13H3. The van der Waals surface area contributed by atoms with E-state index in [1.807, 2.05) is 24.3 Å². The molecule has 99 heavy (non-hydrogen) atoms. The molecular weight excluding hydrogens is 1220 g/mol. The van der Waals surface area contributed by atoms with Crippen LogP contribution in [0.2, 0.25) is 0 Å². The van der Waals surface area contributed by atoms with Gasteiger partial charge in [-0.1, -0.05) is 232 Å². The number of benzene rings is 8. The highest BCUT2D eigenvalue weighted by Gasteiger charge is 2.23.